The van der Waals surface area contributed by atoms with E-state index in [4.69, 9.17) is 5.73 Å². The molecule has 0 aliphatic heterocycles. The van der Waals surface area contributed by atoms with E-state index in [0.29, 0.717) is 6.54 Å². The first-order valence-electron chi connectivity index (χ1n) is 7.13. The summed E-state index contributed by atoms with van der Waals surface area (Å²) in [5.74, 6) is 1.83. The van der Waals surface area contributed by atoms with Crippen molar-refractivity contribution in [2.75, 3.05) is 11.9 Å². The van der Waals surface area contributed by atoms with E-state index < -0.39 is 0 Å². The Bertz CT molecular complexity index is 562. The Kier molecular flexibility index (Phi) is 3.19. The standard InChI is InChI=1S/C15H22N4/c1-12-4-3-7-15(10-12,11-16)18-14-6-2-5-13-17-8-9-19(13)14/h2,5-6,8-9,12,18H,3-4,7,10-11,16H2,1H3. The molecule has 0 bridgehead atoms. The van der Waals surface area contributed by atoms with Gasteiger partial charge in [0.2, 0.25) is 0 Å². The molecule has 1 fully saturated rings. The van der Waals surface area contributed by atoms with Crippen LogP contribution >= 0.6 is 0 Å². The monoisotopic (exact) mass is 258 g/mol. The highest BCUT2D eigenvalue weighted by molar-refractivity contribution is 5.51. The second-order valence-electron chi connectivity index (χ2n) is 5.88. The van der Waals surface area contributed by atoms with Crippen LogP contribution in [0.2, 0.25) is 0 Å². The molecule has 1 aliphatic carbocycles. The predicted octanol–water partition coefficient (Wildman–Crippen LogP) is 2.65. The van der Waals surface area contributed by atoms with Gasteiger partial charge in [-0.15, -0.1) is 0 Å². The van der Waals surface area contributed by atoms with Gasteiger partial charge < -0.3 is 11.1 Å². The van der Waals surface area contributed by atoms with Crippen LogP contribution in [0, 0.1) is 5.92 Å². The number of fused-ring (bicyclic) bond motifs is 1. The van der Waals surface area contributed by atoms with Crippen molar-refractivity contribution in [2.45, 2.75) is 38.1 Å². The van der Waals surface area contributed by atoms with Crippen LogP contribution in [0.1, 0.15) is 32.6 Å². The van der Waals surface area contributed by atoms with E-state index in [2.05, 4.69) is 27.7 Å². The number of nitrogens with two attached hydrogens (primary N) is 1. The van der Waals surface area contributed by atoms with Gasteiger partial charge in [-0.1, -0.05) is 25.8 Å². The van der Waals surface area contributed by atoms with Gasteiger partial charge in [-0.3, -0.25) is 4.40 Å². The predicted molar refractivity (Wildman–Crippen MR) is 78.2 cm³/mol. The van der Waals surface area contributed by atoms with E-state index >= 15 is 0 Å². The van der Waals surface area contributed by atoms with Gasteiger partial charge in [0.1, 0.15) is 11.5 Å². The first-order chi connectivity index (χ1) is 9.22. The van der Waals surface area contributed by atoms with Crippen molar-refractivity contribution in [3.05, 3.63) is 30.6 Å². The summed E-state index contributed by atoms with van der Waals surface area (Å²) in [4.78, 5) is 4.33. The molecule has 2 atom stereocenters. The number of rotatable bonds is 3. The minimum absolute atomic E-state index is 0.0379. The van der Waals surface area contributed by atoms with Crippen molar-refractivity contribution >= 4 is 11.5 Å². The van der Waals surface area contributed by atoms with Crippen LogP contribution in [0.25, 0.3) is 5.65 Å². The summed E-state index contributed by atoms with van der Waals surface area (Å²) in [6.07, 6.45) is 8.70. The van der Waals surface area contributed by atoms with Crippen LogP contribution < -0.4 is 11.1 Å². The number of aromatic nitrogens is 2. The third-order valence-electron chi connectivity index (χ3n) is 4.30. The van der Waals surface area contributed by atoms with Gasteiger partial charge >= 0.3 is 0 Å². The van der Waals surface area contributed by atoms with Gasteiger partial charge in [0.05, 0.1) is 5.54 Å². The zero-order valence-electron chi connectivity index (χ0n) is 11.5. The lowest BCUT2D eigenvalue weighted by Gasteiger charge is -2.40. The Labute approximate surface area is 114 Å². The van der Waals surface area contributed by atoms with Crippen molar-refractivity contribution in [1.82, 2.24) is 9.38 Å². The molecular weight excluding hydrogens is 236 g/mol. The number of hydrogen-bond acceptors (Lipinski definition) is 3. The van der Waals surface area contributed by atoms with Crippen LogP contribution in [-0.4, -0.2) is 21.5 Å². The molecule has 3 N–H and O–H groups in total. The molecule has 0 saturated heterocycles. The Hall–Kier alpha value is -1.55. The lowest BCUT2D eigenvalue weighted by atomic mass is 9.76. The topological polar surface area (TPSA) is 55.3 Å². The molecule has 4 heteroatoms. The zero-order chi connectivity index (χ0) is 13.3. The van der Waals surface area contributed by atoms with Crippen molar-refractivity contribution < 1.29 is 0 Å². The van der Waals surface area contributed by atoms with Crippen LogP contribution in [0.15, 0.2) is 30.6 Å². The normalized spacial score (nSPS) is 27.6. The molecule has 2 heterocycles. The molecular formula is C15H22N4. The fraction of sp³-hybridized carbons (Fsp3) is 0.533. The Morgan fingerprint density at radius 1 is 1.53 bits per heavy atom. The molecule has 1 saturated carbocycles. The molecule has 0 spiro atoms. The molecule has 0 amide bonds. The van der Waals surface area contributed by atoms with Gasteiger partial charge in [0.15, 0.2) is 0 Å². The number of pyridine rings is 1. The highest BCUT2D eigenvalue weighted by Gasteiger charge is 2.33. The first-order valence-corrected chi connectivity index (χ1v) is 7.13. The third-order valence-corrected chi connectivity index (χ3v) is 4.30. The van der Waals surface area contributed by atoms with E-state index in [-0.39, 0.29) is 5.54 Å². The number of nitrogens with one attached hydrogen (secondary N) is 1. The highest BCUT2D eigenvalue weighted by atomic mass is 15.1. The lowest BCUT2D eigenvalue weighted by molar-refractivity contribution is 0.263. The van der Waals surface area contributed by atoms with Crippen LogP contribution in [0.4, 0.5) is 5.82 Å². The number of imidazole rings is 1. The van der Waals surface area contributed by atoms with Gasteiger partial charge in [0, 0.05) is 18.9 Å². The van der Waals surface area contributed by atoms with Crippen LogP contribution in [0.3, 0.4) is 0 Å². The molecule has 2 aromatic heterocycles. The smallest absolute Gasteiger partial charge is 0.138 e. The average molecular weight is 258 g/mol. The number of hydrogen-bond donors (Lipinski definition) is 2. The van der Waals surface area contributed by atoms with Gasteiger partial charge in [0.25, 0.3) is 0 Å². The summed E-state index contributed by atoms with van der Waals surface area (Å²) in [6.45, 7) is 3.01. The summed E-state index contributed by atoms with van der Waals surface area (Å²) >= 11 is 0. The minimum Gasteiger partial charge on any atom is -0.364 e. The second kappa shape index (κ2) is 4.85. The largest absolute Gasteiger partial charge is 0.364 e. The maximum atomic E-state index is 6.08. The molecule has 19 heavy (non-hydrogen) atoms. The SMILES string of the molecule is CC1CCCC(CN)(Nc2cccc3nccn23)C1. The van der Waals surface area contributed by atoms with Gasteiger partial charge in [-0.2, -0.15) is 0 Å². The maximum Gasteiger partial charge on any atom is 0.138 e. The molecule has 2 unspecified atom stereocenters. The van der Waals surface area contributed by atoms with Crippen molar-refractivity contribution in [3.63, 3.8) is 0 Å². The fourth-order valence-electron chi connectivity index (χ4n) is 3.33. The second-order valence-corrected chi connectivity index (χ2v) is 5.88. The number of anilines is 1. The first kappa shape index (κ1) is 12.5. The summed E-state index contributed by atoms with van der Waals surface area (Å²) in [7, 11) is 0. The molecule has 4 nitrogen and oxygen atoms in total. The summed E-state index contributed by atoms with van der Waals surface area (Å²) in [5, 5.41) is 3.70. The highest BCUT2D eigenvalue weighted by Crippen LogP contribution is 2.34. The minimum atomic E-state index is 0.0379. The molecule has 1 aliphatic rings. The summed E-state index contributed by atoms with van der Waals surface area (Å²) in [6, 6.07) is 6.16. The Morgan fingerprint density at radius 3 is 3.21 bits per heavy atom. The average Bonchev–Trinajstić information content (AvgIpc) is 2.88. The van der Waals surface area contributed by atoms with Crippen molar-refractivity contribution in [2.24, 2.45) is 11.7 Å². The molecule has 3 rings (SSSR count). The molecule has 2 aromatic rings. The molecule has 0 aromatic carbocycles. The van der Waals surface area contributed by atoms with E-state index in [1.807, 2.05) is 24.5 Å². The van der Waals surface area contributed by atoms with E-state index in [1.54, 1.807) is 0 Å². The van der Waals surface area contributed by atoms with Crippen LogP contribution in [0.5, 0.6) is 0 Å². The summed E-state index contributed by atoms with van der Waals surface area (Å²) < 4.78 is 2.09. The summed E-state index contributed by atoms with van der Waals surface area (Å²) in [5.41, 5.74) is 7.09. The Balaban J connectivity index is 1.92. The van der Waals surface area contributed by atoms with E-state index in [1.165, 1.54) is 12.8 Å². The van der Waals surface area contributed by atoms with E-state index in [9.17, 15) is 0 Å². The van der Waals surface area contributed by atoms with Crippen molar-refractivity contribution in [3.8, 4) is 0 Å². The zero-order valence-corrected chi connectivity index (χ0v) is 11.5. The fourth-order valence-corrected chi connectivity index (χ4v) is 3.33. The van der Waals surface area contributed by atoms with Gasteiger partial charge in [-0.05, 0) is 30.9 Å². The van der Waals surface area contributed by atoms with Gasteiger partial charge in [-0.25, -0.2) is 4.98 Å². The molecule has 0 radical (unpaired) electrons. The maximum absolute atomic E-state index is 6.08. The van der Waals surface area contributed by atoms with Crippen molar-refractivity contribution in [1.29, 1.82) is 0 Å². The quantitative estimate of drug-likeness (QED) is 0.890. The van der Waals surface area contributed by atoms with Crippen LogP contribution in [-0.2, 0) is 0 Å². The Morgan fingerprint density at radius 2 is 2.42 bits per heavy atom. The lowest BCUT2D eigenvalue weighted by Crippen LogP contribution is -2.49. The van der Waals surface area contributed by atoms with E-state index in [0.717, 1.165) is 30.2 Å². The number of nitrogens with zero attached hydrogens (tertiary/aromatic N) is 2. The molecule has 102 valence electrons. The third kappa shape index (κ3) is 2.32.